The predicted octanol–water partition coefficient (Wildman–Crippen LogP) is 1.44. The third-order valence-electron chi connectivity index (χ3n) is 2.53. The molecule has 1 rings (SSSR count). The normalized spacial score (nSPS) is 10.2. The summed E-state index contributed by atoms with van der Waals surface area (Å²) in [6, 6.07) is 5.49. The Hall–Kier alpha value is -1.59. The van der Waals surface area contributed by atoms with Crippen molar-refractivity contribution in [2.45, 2.75) is 20.3 Å². The summed E-state index contributed by atoms with van der Waals surface area (Å²) >= 11 is 0. The van der Waals surface area contributed by atoms with Gasteiger partial charge in [-0.3, -0.25) is 10.6 Å². The van der Waals surface area contributed by atoms with Gasteiger partial charge in [-0.25, -0.2) is 0 Å². The van der Waals surface area contributed by atoms with Crippen LogP contribution in [-0.4, -0.2) is 25.7 Å². The minimum atomic E-state index is -0.126. The topological polar surface area (TPSA) is 76.4 Å². The molecule has 0 aliphatic carbocycles. The molecule has 0 saturated carbocycles. The number of anilines is 1. The van der Waals surface area contributed by atoms with E-state index in [1.165, 1.54) is 0 Å². The van der Waals surface area contributed by atoms with Crippen molar-refractivity contribution in [2.24, 2.45) is 5.84 Å². The monoisotopic (exact) mass is 251 g/mol. The Morgan fingerprint density at radius 1 is 1.44 bits per heavy atom. The first-order valence-corrected chi connectivity index (χ1v) is 6.12. The minimum absolute atomic E-state index is 0.126. The molecule has 0 spiro atoms. The van der Waals surface area contributed by atoms with E-state index in [1.807, 2.05) is 26.0 Å². The lowest BCUT2D eigenvalue weighted by atomic mass is 10.1. The number of hydrogen-bond donors (Lipinski definition) is 3. The molecule has 18 heavy (non-hydrogen) atoms. The van der Waals surface area contributed by atoms with Gasteiger partial charge in [0.1, 0.15) is 0 Å². The first-order valence-electron chi connectivity index (χ1n) is 6.12. The molecule has 0 unspecified atom stereocenters. The van der Waals surface area contributed by atoms with Crippen molar-refractivity contribution in [3.8, 4) is 0 Å². The Morgan fingerprint density at radius 3 is 2.89 bits per heavy atom. The van der Waals surface area contributed by atoms with Gasteiger partial charge in [-0.1, -0.05) is 6.07 Å². The summed E-state index contributed by atoms with van der Waals surface area (Å²) < 4.78 is 5.20. The maximum absolute atomic E-state index is 11.9. The number of ether oxygens (including phenoxy) is 1. The number of carbonyl (C=O) groups excluding carboxylic acids is 1. The number of nitrogen functional groups attached to an aromatic ring is 1. The lowest BCUT2D eigenvalue weighted by molar-refractivity contribution is 0.0945. The zero-order valence-corrected chi connectivity index (χ0v) is 11.0. The summed E-state index contributed by atoms with van der Waals surface area (Å²) in [6.45, 7) is 5.85. The highest BCUT2D eigenvalue weighted by atomic mass is 16.5. The van der Waals surface area contributed by atoms with E-state index in [2.05, 4.69) is 10.7 Å². The van der Waals surface area contributed by atoms with Crippen LogP contribution < -0.4 is 16.6 Å². The Balaban J connectivity index is 2.51. The maximum Gasteiger partial charge on any atom is 0.253 e. The van der Waals surface area contributed by atoms with Crippen molar-refractivity contribution in [2.75, 3.05) is 25.2 Å². The van der Waals surface area contributed by atoms with E-state index in [9.17, 15) is 4.79 Å². The Bertz CT molecular complexity index is 394. The molecule has 5 nitrogen and oxygen atoms in total. The van der Waals surface area contributed by atoms with Crippen LogP contribution >= 0.6 is 0 Å². The van der Waals surface area contributed by atoms with Gasteiger partial charge in [0.15, 0.2) is 0 Å². The van der Waals surface area contributed by atoms with Gasteiger partial charge in [0.05, 0.1) is 11.3 Å². The number of nitrogens with two attached hydrogens (primary N) is 1. The van der Waals surface area contributed by atoms with Crippen LogP contribution in [0.5, 0.6) is 0 Å². The lowest BCUT2D eigenvalue weighted by Crippen LogP contribution is -2.26. The molecule has 5 heteroatoms. The van der Waals surface area contributed by atoms with Crippen LogP contribution in [0.1, 0.15) is 29.3 Å². The molecule has 1 aromatic carbocycles. The van der Waals surface area contributed by atoms with E-state index in [4.69, 9.17) is 10.6 Å². The molecule has 0 radical (unpaired) electrons. The van der Waals surface area contributed by atoms with Gasteiger partial charge in [-0.15, -0.1) is 0 Å². The summed E-state index contributed by atoms with van der Waals surface area (Å²) in [7, 11) is 0. The Morgan fingerprint density at radius 2 is 2.22 bits per heavy atom. The molecule has 1 aromatic rings. The van der Waals surface area contributed by atoms with E-state index in [-0.39, 0.29) is 5.91 Å². The number of nitrogens with one attached hydrogen (secondary N) is 2. The second kappa shape index (κ2) is 7.68. The maximum atomic E-state index is 11.9. The number of benzene rings is 1. The van der Waals surface area contributed by atoms with Gasteiger partial charge >= 0.3 is 0 Å². The van der Waals surface area contributed by atoms with E-state index < -0.39 is 0 Å². The van der Waals surface area contributed by atoms with E-state index in [1.54, 1.807) is 6.07 Å². The fourth-order valence-corrected chi connectivity index (χ4v) is 1.59. The van der Waals surface area contributed by atoms with Crippen LogP contribution in [0.2, 0.25) is 0 Å². The molecule has 0 aliphatic rings. The third kappa shape index (κ3) is 4.35. The standard InChI is InChI=1S/C13H21N3O2/c1-3-18-8-4-7-15-13(17)11-6-5-10(2)9-12(11)16-14/h5-6,9,16H,3-4,7-8,14H2,1-2H3,(H,15,17). The second-order valence-electron chi connectivity index (χ2n) is 4.00. The van der Waals surface area contributed by atoms with Crippen LogP contribution in [0.25, 0.3) is 0 Å². The third-order valence-corrected chi connectivity index (χ3v) is 2.53. The van der Waals surface area contributed by atoms with Crippen molar-refractivity contribution >= 4 is 11.6 Å². The largest absolute Gasteiger partial charge is 0.382 e. The van der Waals surface area contributed by atoms with Crippen molar-refractivity contribution in [1.29, 1.82) is 0 Å². The van der Waals surface area contributed by atoms with Crippen molar-refractivity contribution in [3.63, 3.8) is 0 Å². The van der Waals surface area contributed by atoms with E-state index in [0.717, 1.165) is 12.0 Å². The van der Waals surface area contributed by atoms with Gasteiger partial charge < -0.3 is 15.5 Å². The molecule has 0 bridgehead atoms. The van der Waals surface area contributed by atoms with Crippen LogP contribution in [0.4, 0.5) is 5.69 Å². The van der Waals surface area contributed by atoms with Gasteiger partial charge in [0.25, 0.3) is 5.91 Å². The molecule has 0 aliphatic heterocycles. The lowest BCUT2D eigenvalue weighted by Gasteiger charge is -2.10. The average molecular weight is 251 g/mol. The van der Waals surface area contributed by atoms with Gasteiger partial charge in [-0.2, -0.15) is 0 Å². The Kier molecular flexibility index (Phi) is 6.18. The van der Waals surface area contributed by atoms with Crippen LogP contribution in [0.15, 0.2) is 18.2 Å². The second-order valence-corrected chi connectivity index (χ2v) is 4.00. The molecular formula is C13H21N3O2. The van der Waals surface area contributed by atoms with Crippen molar-refractivity contribution in [1.82, 2.24) is 5.32 Å². The first kappa shape index (κ1) is 14.5. The van der Waals surface area contributed by atoms with Crippen LogP contribution in [0.3, 0.4) is 0 Å². The van der Waals surface area contributed by atoms with E-state index >= 15 is 0 Å². The zero-order valence-electron chi connectivity index (χ0n) is 11.0. The minimum Gasteiger partial charge on any atom is -0.382 e. The number of aryl methyl sites for hydroxylation is 1. The number of carbonyl (C=O) groups is 1. The fourth-order valence-electron chi connectivity index (χ4n) is 1.59. The molecular weight excluding hydrogens is 230 g/mol. The van der Waals surface area contributed by atoms with Crippen LogP contribution in [-0.2, 0) is 4.74 Å². The molecule has 0 fully saturated rings. The average Bonchev–Trinajstić information content (AvgIpc) is 2.38. The highest BCUT2D eigenvalue weighted by Gasteiger charge is 2.10. The highest BCUT2D eigenvalue weighted by Crippen LogP contribution is 2.16. The first-order chi connectivity index (χ1) is 8.69. The van der Waals surface area contributed by atoms with Gasteiger partial charge in [0.2, 0.25) is 0 Å². The SMILES string of the molecule is CCOCCCNC(=O)c1ccc(C)cc1NN. The summed E-state index contributed by atoms with van der Waals surface area (Å²) in [5.74, 6) is 5.28. The highest BCUT2D eigenvalue weighted by molar-refractivity contribution is 5.99. The number of hydrogen-bond acceptors (Lipinski definition) is 4. The number of rotatable bonds is 7. The smallest absolute Gasteiger partial charge is 0.253 e. The van der Waals surface area contributed by atoms with Gasteiger partial charge in [-0.05, 0) is 38.0 Å². The number of hydrazine groups is 1. The van der Waals surface area contributed by atoms with Crippen molar-refractivity contribution in [3.05, 3.63) is 29.3 Å². The summed E-state index contributed by atoms with van der Waals surface area (Å²) in [6.07, 6.45) is 0.802. The molecule has 100 valence electrons. The Labute approximate surface area is 108 Å². The molecule has 1 amide bonds. The molecule has 0 atom stereocenters. The van der Waals surface area contributed by atoms with Gasteiger partial charge in [0, 0.05) is 19.8 Å². The van der Waals surface area contributed by atoms with E-state index in [0.29, 0.717) is 31.0 Å². The zero-order chi connectivity index (χ0) is 13.4. The molecule has 0 heterocycles. The predicted molar refractivity (Wildman–Crippen MR) is 72.4 cm³/mol. The molecule has 4 N–H and O–H groups in total. The molecule has 0 aromatic heterocycles. The molecule has 0 saturated heterocycles. The summed E-state index contributed by atoms with van der Waals surface area (Å²) in [5, 5.41) is 2.84. The van der Waals surface area contributed by atoms with Crippen molar-refractivity contribution < 1.29 is 9.53 Å². The summed E-state index contributed by atoms with van der Waals surface area (Å²) in [4.78, 5) is 11.9. The quantitative estimate of drug-likeness (QED) is 0.389. The summed E-state index contributed by atoms with van der Waals surface area (Å²) in [5.41, 5.74) is 4.79. The van der Waals surface area contributed by atoms with Crippen LogP contribution in [0, 0.1) is 6.92 Å². The fraction of sp³-hybridized carbons (Fsp3) is 0.462. The number of amides is 1.